The Hall–Kier alpha value is 1.08. The average molecular weight is 870 g/mol. The summed E-state index contributed by atoms with van der Waals surface area (Å²) >= 11 is 0. The zero-order valence-corrected chi connectivity index (χ0v) is 46.2. The van der Waals surface area contributed by atoms with Crippen LogP contribution in [0, 0.1) is 5.41 Å². The van der Waals surface area contributed by atoms with Crippen molar-refractivity contribution in [2.24, 2.45) is 5.41 Å². The van der Waals surface area contributed by atoms with E-state index in [-0.39, 0.29) is 0 Å². The molecule has 0 aromatic carbocycles. The first-order chi connectivity index (χ1) is 24.0. The van der Waals surface area contributed by atoms with Crippen LogP contribution in [0.15, 0.2) is 12.2 Å². The molecule has 0 aromatic rings. The lowest BCUT2D eigenvalue weighted by atomic mass is 9.94. The van der Waals surface area contributed by atoms with E-state index in [0.717, 1.165) is 19.3 Å². The van der Waals surface area contributed by atoms with E-state index in [1.165, 1.54) is 56.3 Å². The summed E-state index contributed by atoms with van der Waals surface area (Å²) in [7, 11) is -2.81. The molecule has 7 unspecified atom stereocenters. The fraction of sp³-hybridized carbons (Fsp3) is 0.941. The molecule has 18 heteroatoms. The number of nitrogens with one attached hydrogen (secondary N) is 8. The van der Waals surface area contributed by atoms with Gasteiger partial charge >= 0.3 is 0 Å². The van der Waals surface area contributed by atoms with Gasteiger partial charge in [0, 0.05) is 6.10 Å². The van der Waals surface area contributed by atoms with Gasteiger partial charge in [0.1, 0.15) is 16.5 Å². The van der Waals surface area contributed by atoms with Crippen LogP contribution in [0.2, 0.25) is 89.6 Å². The van der Waals surface area contributed by atoms with Crippen molar-refractivity contribution in [3.05, 3.63) is 12.2 Å². The third kappa shape index (κ3) is 27.6. The van der Waals surface area contributed by atoms with Crippen LogP contribution in [0.1, 0.15) is 72.1 Å². The molecule has 0 rings (SSSR count). The number of rotatable bonds is 32. The molecular weight excluding hydrogens is 777 g/mol. The quantitative estimate of drug-likeness (QED) is 0.0258. The number of hydrogen-bond donors (Lipinski definition) is 8. The molecule has 0 amide bonds. The molecule has 7 atom stereocenters. The van der Waals surface area contributed by atoms with Crippen LogP contribution in [0.5, 0.6) is 0 Å². The highest BCUT2D eigenvalue weighted by Crippen LogP contribution is 2.24. The van der Waals surface area contributed by atoms with Gasteiger partial charge in [0.05, 0.1) is 6.61 Å². The zero-order chi connectivity index (χ0) is 40.1. The molecule has 8 N–H and O–H groups in total. The third-order valence-electron chi connectivity index (χ3n) is 10.5. The number of allylic oxidation sites excluding steroid dienone is 1. The first kappa shape index (κ1) is 53.1. The van der Waals surface area contributed by atoms with Gasteiger partial charge in [0.15, 0.2) is 35.8 Å². The average Bonchev–Trinajstić information content (AvgIpc) is 3.04. The molecule has 0 heterocycles. The van der Waals surface area contributed by atoms with Crippen molar-refractivity contribution in [1.82, 2.24) is 38.5 Å². The number of unbranched alkanes of at least 4 members (excludes halogenated alkanes) is 2. The van der Waals surface area contributed by atoms with Gasteiger partial charge in [0.25, 0.3) is 8.48 Å². The molecule has 0 radical (unpaired) electrons. The Labute approximate surface area is 335 Å². The van der Waals surface area contributed by atoms with Gasteiger partial charge in [0.2, 0.25) is 9.20 Å². The lowest BCUT2D eigenvalue weighted by Gasteiger charge is -2.34. The Morgan fingerprint density at radius 1 is 0.615 bits per heavy atom. The Balaban J connectivity index is 5.33. The zero-order valence-electron chi connectivity index (χ0n) is 37.6. The van der Waals surface area contributed by atoms with Crippen molar-refractivity contribution in [3.63, 3.8) is 0 Å². The van der Waals surface area contributed by atoms with Gasteiger partial charge in [-0.05, 0) is 123 Å². The topological polar surface area (TPSA) is 115 Å². The van der Waals surface area contributed by atoms with Gasteiger partial charge in [-0.1, -0.05) is 84.8 Å². The normalized spacial score (nSPS) is 18.6. The predicted molar refractivity (Wildman–Crippen MR) is 255 cm³/mol. The maximum Gasteiger partial charge on any atom is 0.260 e. The van der Waals surface area contributed by atoms with Crippen LogP contribution >= 0.6 is 0 Å². The summed E-state index contributed by atoms with van der Waals surface area (Å²) in [6.07, 6.45) is 14.5. The Morgan fingerprint density at radius 2 is 1.12 bits per heavy atom. The summed E-state index contributed by atoms with van der Waals surface area (Å²) in [5, 5.41) is 0. The lowest BCUT2D eigenvalue weighted by Crippen LogP contribution is -2.64. The van der Waals surface area contributed by atoms with E-state index < -0.39 is 69.9 Å². The molecule has 0 saturated carbocycles. The highest BCUT2D eigenvalue weighted by molar-refractivity contribution is 6.84. The minimum Gasteiger partial charge on any atom is -0.403 e. The van der Waals surface area contributed by atoms with E-state index in [0.29, 0.717) is 18.1 Å². The minimum atomic E-state index is -2.01. The lowest BCUT2D eigenvalue weighted by molar-refractivity contribution is 0.177. The summed E-state index contributed by atoms with van der Waals surface area (Å²) in [6.45, 7) is 32.0. The molecule has 0 aliphatic heterocycles. The third-order valence-corrected chi connectivity index (χ3v) is 39.6. The minimum absolute atomic E-state index is 0.311. The number of hydrogen-bond acceptors (Lipinski definition) is 10. The Morgan fingerprint density at radius 3 is 1.62 bits per heavy atom. The van der Waals surface area contributed by atoms with E-state index in [4.69, 9.17) is 8.85 Å². The molecule has 0 spiro atoms. The van der Waals surface area contributed by atoms with Gasteiger partial charge in [-0.3, -0.25) is 0 Å². The summed E-state index contributed by atoms with van der Waals surface area (Å²) in [5.74, 6) is 0. The van der Waals surface area contributed by atoms with Crippen LogP contribution in [0.4, 0.5) is 0 Å². The Kier molecular flexibility index (Phi) is 27.4. The van der Waals surface area contributed by atoms with E-state index >= 15 is 0 Å². The van der Waals surface area contributed by atoms with Gasteiger partial charge in [-0.15, -0.1) is 0 Å². The second-order valence-corrected chi connectivity index (χ2v) is 46.2. The first-order valence-corrected chi connectivity index (χ1v) is 41.6. The van der Waals surface area contributed by atoms with Crippen LogP contribution in [0.25, 0.3) is 0 Å². The largest absolute Gasteiger partial charge is 0.403 e. The van der Waals surface area contributed by atoms with Crippen molar-refractivity contribution >= 4 is 69.9 Å². The first-order valence-electron chi connectivity index (χ1n) is 20.8. The molecule has 0 bridgehead atoms. The molecule has 0 saturated heterocycles. The molecule has 0 fully saturated rings. The second kappa shape index (κ2) is 26.9. The molecule has 52 heavy (non-hydrogen) atoms. The monoisotopic (exact) mass is 869 g/mol. The molecule has 0 aliphatic carbocycles. The van der Waals surface area contributed by atoms with E-state index in [1.54, 1.807) is 0 Å². The van der Waals surface area contributed by atoms with Crippen molar-refractivity contribution in [2.75, 3.05) is 34.8 Å². The molecule has 0 aromatic heterocycles. The highest BCUT2D eigenvalue weighted by Gasteiger charge is 2.32. The maximum atomic E-state index is 6.96. The van der Waals surface area contributed by atoms with Crippen molar-refractivity contribution in [1.29, 1.82) is 0 Å². The second-order valence-electron chi connectivity index (χ2n) is 18.5. The summed E-state index contributed by atoms with van der Waals surface area (Å²) in [5.41, 5.74) is 0.349. The summed E-state index contributed by atoms with van der Waals surface area (Å²) in [6, 6.07) is 5.06. The molecule has 10 nitrogen and oxygen atoms in total. The van der Waals surface area contributed by atoms with Crippen molar-refractivity contribution < 1.29 is 8.85 Å². The molecule has 0 aliphatic rings. The standard InChI is InChI=1S/C34H92N8O2Si8/c1-34(2,3)27-32-51(16,38-7)42-48(11)44-33(26-20-22-29-49(12,13)39-45(8)35-4)25-19-18-21-28-43-52(17,41-47(10)37-6)31-24-23-30-50(14,15)40-46(9)36-5/h18,21,33,35-42,45-48H,19-20,22-32H2,1-17H3/b21-18+. The van der Waals surface area contributed by atoms with Crippen LogP contribution < -0.4 is 38.5 Å². The van der Waals surface area contributed by atoms with Crippen LogP contribution in [0.3, 0.4) is 0 Å². The predicted octanol–water partition coefficient (Wildman–Crippen LogP) is 5.30. The fourth-order valence-corrected chi connectivity index (χ4v) is 34.8. The van der Waals surface area contributed by atoms with Gasteiger partial charge in [-0.2, -0.15) is 0 Å². The van der Waals surface area contributed by atoms with E-state index in [9.17, 15) is 0 Å². The SMILES string of the molecule is CN[SiH](C)N[Si](C)(C)CCCCC(CC/C=C/CO[Si](C)(CCCC[Si](C)(C)N[SiH](C)NC)N[SiH](C)NC)O[SiH](C)N[Si](C)(CCC(C)(C)C)NC. The van der Waals surface area contributed by atoms with E-state index in [1.807, 2.05) is 0 Å². The van der Waals surface area contributed by atoms with Gasteiger partial charge in [-0.25, -0.2) is 0 Å². The molecular formula is C34H92N8O2Si8. The smallest absolute Gasteiger partial charge is 0.260 e. The van der Waals surface area contributed by atoms with Crippen LogP contribution in [-0.4, -0.2) is 111 Å². The van der Waals surface area contributed by atoms with Crippen molar-refractivity contribution in [3.8, 4) is 0 Å². The highest BCUT2D eigenvalue weighted by atomic mass is 28.4. The van der Waals surface area contributed by atoms with Crippen molar-refractivity contribution in [2.45, 2.75) is 168 Å². The van der Waals surface area contributed by atoms with E-state index in [2.05, 4.69) is 165 Å². The summed E-state index contributed by atoms with van der Waals surface area (Å²) < 4.78 is 29.7. The van der Waals surface area contributed by atoms with Crippen LogP contribution in [-0.2, 0) is 8.85 Å². The molecule has 312 valence electrons. The summed E-state index contributed by atoms with van der Waals surface area (Å²) in [4.78, 5) is 14.2. The fourth-order valence-electron chi connectivity index (χ4n) is 6.79. The van der Waals surface area contributed by atoms with Gasteiger partial charge < -0.3 is 47.4 Å². The maximum absolute atomic E-state index is 6.96. The Bertz CT molecular complexity index is 956.